The molecule has 3 rings (SSSR count). The third kappa shape index (κ3) is 2.65. The molecule has 1 heterocycles. The molecule has 1 saturated carbocycles. The van der Waals surface area contributed by atoms with E-state index in [1.54, 1.807) is 7.11 Å². The van der Waals surface area contributed by atoms with Crippen molar-refractivity contribution in [3.63, 3.8) is 0 Å². The van der Waals surface area contributed by atoms with Crippen molar-refractivity contribution in [1.29, 1.82) is 0 Å². The van der Waals surface area contributed by atoms with Crippen LogP contribution in [0.1, 0.15) is 31.2 Å². The van der Waals surface area contributed by atoms with E-state index in [2.05, 4.69) is 0 Å². The van der Waals surface area contributed by atoms with Crippen LogP contribution in [0.3, 0.4) is 0 Å². The third-order valence-corrected chi connectivity index (χ3v) is 4.35. The molecule has 4 heteroatoms. The van der Waals surface area contributed by atoms with Gasteiger partial charge in [-0.2, -0.15) is 0 Å². The number of methoxy groups -OCH3 is 1. The number of ether oxygens (including phenoxy) is 3. The Labute approximate surface area is 118 Å². The Bertz CT molecular complexity index is 443. The second kappa shape index (κ2) is 5.41. The summed E-state index contributed by atoms with van der Waals surface area (Å²) in [6.07, 6.45) is 4.60. The van der Waals surface area contributed by atoms with Crippen LogP contribution in [0.2, 0.25) is 5.02 Å². The molecule has 2 atom stereocenters. The van der Waals surface area contributed by atoms with Gasteiger partial charge in [0, 0.05) is 31.4 Å². The highest BCUT2D eigenvalue weighted by atomic mass is 35.5. The molecule has 1 aliphatic carbocycles. The first kappa shape index (κ1) is 13.4. The number of rotatable bonds is 3. The lowest BCUT2D eigenvalue weighted by Crippen LogP contribution is -2.27. The van der Waals surface area contributed by atoms with Crippen LogP contribution in [-0.2, 0) is 20.6 Å². The van der Waals surface area contributed by atoms with Gasteiger partial charge in [-0.3, -0.25) is 0 Å². The quantitative estimate of drug-likeness (QED) is 0.849. The second-order valence-electron chi connectivity index (χ2n) is 5.29. The van der Waals surface area contributed by atoms with Crippen molar-refractivity contribution in [3.05, 3.63) is 34.9 Å². The van der Waals surface area contributed by atoms with E-state index in [-0.39, 0.29) is 12.4 Å². The maximum Gasteiger partial charge on any atom is 0.187 e. The molecule has 3 nitrogen and oxygen atoms in total. The van der Waals surface area contributed by atoms with Crippen molar-refractivity contribution in [3.8, 4) is 0 Å². The Morgan fingerprint density at radius 2 is 2.00 bits per heavy atom. The van der Waals surface area contributed by atoms with Gasteiger partial charge in [0.25, 0.3) is 0 Å². The van der Waals surface area contributed by atoms with E-state index in [4.69, 9.17) is 25.8 Å². The van der Waals surface area contributed by atoms with Gasteiger partial charge in [-0.1, -0.05) is 29.8 Å². The molecule has 0 amide bonds. The zero-order valence-electron chi connectivity index (χ0n) is 11.1. The molecule has 1 aliphatic heterocycles. The molecule has 0 N–H and O–H groups in total. The van der Waals surface area contributed by atoms with Crippen LogP contribution >= 0.6 is 11.6 Å². The highest BCUT2D eigenvalue weighted by molar-refractivity contribution is 6.31. The van der Waals surface area contributed by atoms with E-state index in [1.807, 2.05) is 24.3 Å². The minimum Gasteiger partial charge on any atom is -0.353 e. The molecule has 1 spiro atoms. The summed E-state index contributed by atoms with van der Waals surface area (Å²) in [5, 5.41) is 0.772. The van der Waals surface area contributed by atoms with Crippen LogP contribution in [0.5, 0.6) is 0 Å². The summed E-state index contributed by atoms with van der Waals surface area (Å²) in [5.41, 5.74) is 1.08. The van der Waals surface area contributed by atoms with E-state index in [9.17, 15) is 0 Å². The Hall–Kier alpha value is -0.610. The molecule has 1 saturated heterocycles. The molecule has 1 aromatic carbocycles. The molecule has 104 valence electrons. The summed E-state index contributed by atoms with van der Waals surface area (Å²) < 4.78 is 17.6. The van der Waals surface area contributed by atoms with Crippen molar-refractivity contribution in [1.82, 2.24) is 0 Å². The zero-order valence-corrected chi connectivity index (χ0v) is 11.9. The van der Waals surface area contributed by atoms with Crippen LogP contribution in [0.25, 0.3) is 0 Å². The van der Waals surface area contributed by atoms with Crippen molar-refractivity contribution in [2.75, 3.05) is 7.11 Å². The summed E-state index contributed by atoms with van der Waals surface area (Å²) in [4.78, 5) is 0. The fraction of sp³-hybridized carbons (Fsp3) is 0.600. The maximum atomic E-state index is 6.21. The molecule has 0 bridgehead atoms. The number of benzene rings is 1. The maximum absolute atomic E-state index is 6.21. The number of hydrogen-bond donors (Lipinski definition) is 0. The van der Waals surface area contributed by atoms with Gasteiger partial charge in [0.15, 0.2) is 12.1 Å². The molecular weight excluding hydrogens is 264 g/mol. The van der Waals surface area contributed by atoms with E-state index in [0.717, 1.165) is 42.7 Å². The van der Waals surface area contributed by atoms with Crippen LogP contribution in [-0.4, -0.2) is 25.3 Å². The SMILES string of the molecule is CO[C@H]1OC2(CCCC2)O[C@H]1Cc1ccccc1Cl. The van der Waals surface area contributed by atoms with Crippen molar-refractivity contribution in [2.45, 2.75) is 50.3 Å². The fourth-order valence-electron chi connectivity index (χ4n) is 3.01. The molecular formula is C15H19ClO3. The van der Waals surface area contributed by atoms with Crippen LogP contribution in [0, 0.1) is 0 Å². The predicted molar refractivity (Wildman–Crippen MR) is 73.1 cm³/mol. The minimum atomic E-state index is -0.410. The van der Waals surface area contributed by atoms with E-state index < -0.39 is 5.79 Å². The van der Waals surface area contributed by atoms with Crippen LogP contribution in [0.4, 0.5) is 0 Å². The normalized spacial score (nSPS) is 29.2. The third-order valence-electron chi connectivity index (χ3n) is 3.98. The smallest absolute Gasteiger partial charge is 0.187 e. The van der Waals surface area contributed by atoms with Crippen LogP contribution in [0.15, 0.2) is 24.3 Å². The lowest BCUT2D eigenvalue weighted by atomic mass is 10.1. The van der Waals surface area contributed by atoms with Gasteiger partial charge in [0.1, 0.15) is 6.10 Å². The first-order valence-electron chi connectivity index (χ1n) is 6.84. The molecule has 2 fully saturated rings. The molecule has 0 aromatic heterocycles. The van der Waals surface area contributed by atoms with E-state index in [0.29, 0.717) is 0 Å². The first-order valence-corrected chi connectivity index (χ1v) is 7.22. The van der Waals surface area contributed by atoms with E-state index >= 15 is 0 Å². The van der Waals surface area contributed by atoms with Gasteiger partial charge >= 0.3 is 0 Å². The van der Waals surface area contributed by atoms with Gasteiger partial charge in [-0.15, -0.1) is 0 Å². The van der Waals surface area contributed by atoms with Crippen molar-refractivity contribution in [2.24, 2.45) is 0 Å². The average Bonchev–Trinajstić information content (AvgIpc) is 3.00. The summed E-state index contributed by atoms with van der Waals surface area (Å²) in [6.45, 7) is 0. The number of halogens is 1. The second-order valence-corrected chi connectivity index (χ2v) is 5.70. The monoisotopic (exact) mass is 282 g/mol. The van der Waals surface area contributed by atoms with Gasteiger partial charge in [-0.25, -0.2) is 0 Å². The van der Waals surface area contributed by atoms with E-state index in [1.165, 1.54) is 0 Å². The lowest BCUT2D eigenvalue weighted by Gasteiger charge is -2.21. The van der Waals surface area contributed by atoms with Gasteiger partial charge in [0.2, 0.25) is 0 Å². The standard InChI is InChI=1S/C15H19ClO3/c1-17-14-13(10-11-6-2-3-7-12(11)16)18-15(19-14)8-4-5-9-15/h2-3,6-7,13-14H,4-5,8-10H2,1H3/t13-,14-/m0/s1. The Kier molecular flexibility index (Phi) is 3.81. The van der Waals surface area contributed by atoms with Crippen molar-refractivity contribution < 1.29 is 14.2 Å². The molecule has 0 radical (unpaired) electrons. The Balaban J connectivity index is 1.75. The number of hydrogen-bond acceptors (Lipinski definition) is 3. The summed E-state index contributed by atoms with van der Waals surface area (Å²) in [5.74, 6) is -0.410. The largest absolute Gasteiger partial charge is 0.353 e. The Morgan fingerprint density at radius 1 is 1.26 bits per heavy atom. The zero-order chi connectivity index (χ0) is 13.3. The van der Waals surface area contributed by atoms with Gasteiger partial charge in [-0.05, 0) is 24.5 Å². The highest BCUT2D eigenvalue weighted by Crippen LogP contribution is 2.43. The predicted octanol–water partition coefficient (Wildman–Crippen LogP) is 3.54. The molecule has 19 heavy (non-hydrogen) atoms. The van der Waals surface area contributed by atoms with Crippen molar-refractivity contribution >= 4 is 11.6 Å². The minimum absolute atomic E-state index is 0.0806. The first-order chi connectivity index (χ1) is 9.22. The van der Waals surface area contributed by atoms with Gasteiger partial charge in [0.05, 0.1) is 0 Å². The van der Waals surface area contributed by atoms with Crippen LogP contribution < -0.4 is 0 Å². The molecule has 2 aliphatic rings. The summed E-state index contributed by atoms with van der Waals surface area (Å²) in [6, 6.07) is 7.85. The fourth-order valence-corrected chi connectivity index (χ4v) is 3.23. The highest BCUT2D eigenvalue weighted by Gasteiger charge is 2.49. The molecule has 1 aromatic rings. The Morgan fingerprint density at radius 3 is 2.68 bits per heavy atom. The molecule has 0 unspecified atom stereocenters. The summed E-state index contributed by atoms with van der Waals surface area (Å²) in [7, 11) is 1.67. The van der Waals surface area contributed by atoms with Gasteiger partial charge < -0.3 is 14.2 Å². The average molecular weight is 283 g/mol. The topological polar surface area (TPSA) is 27.7 Å². The lowest BCUT2D eigenvalue weighted by molar-refractivity contribution is -0.200. The summed E-state index contributed by atoms with van der Waals surface area (Å²) >= 11 is 6.21.